The number of likely N-dealkylation sites (tertiary alicyclic amines) is 1. The van der Waals surface area contributed by atoms with E-state index < -0.39 is 0 Å². The zero-order valence-corrected chi connectivity index (χ0v) is 13.0. The van der Waals surface area contributed by atoms with Crippen LogP contribution in [0, 0.1) is 0 Å². The normalized spacial score (nSPS) is 26.6. The second-order valence-electron chi connectivity index (χ2n) is 5.95. The minimum absolute atomic E-state index is 0.0657. The van der Waals surface area contributed by atoms with E-state index in [2.05, 4.69) is 0 Å². The molecule has 1 aromatic rings. The highest BCUT2D eigenvalue weighted by atomic mass is 35.5. The molecule has 2 fully saturated rings. The van der Waals surface area contributed by atoms with E-state index in [1.54, 1.807) is 7.11 Å². The molecule has 2 N–H and O–H groups in total. The van der Waals surface area contributed by atoms with Gasteiger partial charge in [-0.25, -0.2) is 0 Å². The van der Waals surface area contributed by atoms with E-state index in [0.29, 0.717) is 23.2 Å². The molecule has 0 bridgehead atoms. The van der Waals surface area contributed by atoms with Crippen molar-refractivity contribution in [2.75, 3.05) is 7.11 Å². The molecule has 2 unspecified atom stereocenters. The van der Waals surface area contributed by atoms with Gasteiger partial charge < -0.3 is 15.4 Å². The number of benzene rings is 1. The lowest BCUT2D eigenvalue weighted by Crippen LogP contribution is -2.39. The number of methoxy groups -OCH3 is 1. The summed E-state index contributed by atoms with van der Waals surface area (Å²) in [4.78, 5) is 14.4. The molecule has 2 aliphatic rings. The molecule has 1 aromatic carbocycles. The van der Waals surface area contributed by atoms with Gasteiger partial charge in [-0.15, -0.1) is 0 Å². The smallest absolute Gasteiger partial charge is 0.225 e. The van der Waals surface area contributed by atoms with E-state index in [9.17, 15) is 4.79 Å². The summed E-state index contributed by atoms with van der Waals surface area (Å²) in [5.74, 6) is 0.817. The maximum Gasteiger partial charge on any atom is 0.225 e. The molecular formula is C16H21ClN2O2. The van der Waals surface area contributed by atoms with Crippen LogP contribution in [-0.2, 0) is 4.79 Å². The third kappa shape index (κ3) is 2.62. The van der Waals surface area contributed by atoms with Gasteiger partial charge in [-0.1, -0.05) is 30.5 Å². The van der Waals surface area contributed by atoms with Crippen molar-refractivity contribution in [3.05, 3.63) is 28.8 Å². The first-order chi connectivity index (χ1) is 10.1. The molecule has 114 valence electrons. The Morgan fingerprint density at radius 1 is 1.33 bits per heavy atom. The van der Waals surface area contributed by atoms with E-state index in [1.165, 1.54) is 12.8 Å². The quantitative estimate of drug-likeness (QED) is 0.934. The number of hydrogen-bond donors (Lipinski definition) is 1. The minimum Gasteiger partial charge on any atom is -0.495 e. The molecule has 1 aliphatic heterocycles. The molecule has 5 heteroatoms. The summed E-state index contributed by atoms with van der Waals surface area (Å²) in [5.41, 5.74) is 7.25. The van der Waals surface area contributed by atoms with Crippen LogP contribution in [0.2, 0.25) is 5.02 Å². The standard InChI is InChI=1S/C16H21ClN2O2/c1-21-14-7-6-10(8-12(14)17)16-13(18)9-15(20)19(16)11-4-2-3-5-11/h6-8,11,13,16H,2-5,9,18H2,1H3. The minimum atomic E-state index is -0.164. The van der Waals surface area contributed by atoms with Crippen molar-refractivity contribution in [1.29, 1.82) is 0 Å². The molecule has 2 atom stereocenters. The second-order valence-corrected chi connectivity index (χ2v) is 6.35. The van der Waals surface area contributed by atoms with Gasteiger partial charge >= 0.3 is 0 Å². The number of nitrogens with two attached hydrogens (primary N) is 1. The van der Waals surface area contributed by atoms with Crippen LogP contribution >= 0.6 is 11.6 Å². The van der Waals surface area contributed by atoms with Crippen molar-refractivity contribution in [3.63, 3.8) is 0 Å². The van der Waals surface area contributed by atoms with Crippen LogP contribution in [0.3, 0.4) is 0 Å². The largest absolute Gasteiger partial charge is 0.495 e. The third-order valence-electron chi connectivity index (χ3n) is 4.64. The summed E-state index contributed by atoms with van der Waals surface area (Å²) in [6.07, 6.45) is 4.97. The molecule has 1 saturated heterocycles. The second kappa shape index (κ2) is 5.85. The van der Waals surface area contributed by atoms with Gasteiger partial charge in [0.1, 0.15) is 5.75 Å². The molecule has 0 aromatic heterocycles. The van der Waals surface area contributed by atoms with Crippen molar-refractivity contribution >= 4 is 17.5 Å². The Bertz CT molecular complexity index is 543. The van der Waals surface area contributed by atoms with Crippen LogP contribution in [0.5, 0.6) is 5.75 Å². The van der Waals surface area contributed by atoms with Gasteiger partial charge in [-0.05, 0) is 30.5 Å². The van der Waals surface area contributed by atoms with Crippen LogP contribution in [-0.4, -0.2) is 30.0 Å². The van der Waals surface area contributed by atoms with Gasteiger partial charge in [0.05, 0.1) is 18.2 Å². The topological polar surface area (TPSA) is 55.6 Å². The highest BCUT2D eigenvalue weighted by molar-refractivity contribution is 6.32. The molecule has 0 spiro atoms. The van der Waals surface area contributed by atoms with Crippen molar-refractivity contribution in [2.24, 2.45) is 5.73 Å². The van der Waals surface area contributed by atoms with E-state index in [1.807, 2.05) is 23.1 Å². The van der Waals surface area contributed by atoms with Crippen LogP contribution in [0.15, 0.2) is 18.2 Å². The van der Waals surface area contributed by atoms with Crippen molar-refractivity contribution < 1.29 is 9.53 Å². The number of amides is 1. The molecule has 1 heterocycles. The number of carbonyl (C=O) groups is 1. The fourth-order valence-electron chi connectivity index (χ4n) is 3.67. The fraction of sp³-hybridized carbons (Fsp3) is 0.562. The summed E-state index contributed by atoms with van der Waals surface area (Å²) in [7, 11) is 1.59. The Balaban J connectivity index is 1.93. The summed E-state index contributed by atoms with van der Waals surface area (Å²) in [6, 6.07) is 5.80. The number of ether oxygens (including phenoxy) is 1. The first-order valence-electron chi connectivity index (χ1n) is 7.52. The van der Waals surface area contributed by atoms with Crippen molar-refractivity contribution in [3.8, 4) is 5.75 Å². The maximum absolute atomic E-state index is 12.4. The number of hydrogen-bond acceptors (Lipinski definition) is 3. The average molecular weight is 309 g/mol. The Kier molecular flexibility index (Phi) is 4.09. The van der Waals surface area contributed by atoms with Gasteiger partial charge in [0.2, 0.25) is 5.91 Å². The van der Waals surface area contributed by atoms with Gasteiger partial charge in [-0.3, -0.25) is 4.79 Å². The maximum atomic E-state index is 12.4. The van der Waals surface area contributed by atoms with E-state index in [-0.39, 0.29) is 18.0 Å². The number of nitrogens with zero attached hydrogens (tertiary/aromatic N) is 1. The highest BCUT2D eigenvalue weighted by Crippen LogP contribution is 2.40. The molecule has 1 saturated carbocycles. The van der Waals surface area contributed by atoms with Crippen LogP contribution in [0.25, 0.3) is 0 Å². The van der Waals surface area contributed by atoms with E-state index in [0.717, 1.165) is 18.4 Å². The molecule has 21 heavy (non-hydrogen) atoms. The highest BCUT2D eigenvalue weighted by Gasteiger charge is 2.43. The Hall–Kier alpha value is -1.26. The lowest BCUT2D eigenvalue weighted by atomic mass is 9.99. The molecule has 0 radical (unpaired) electrons. The van der Waals surface area contributed by atoms with Crippen LogP contribution in [0.4, 0.5) is 0 Å². The number of carbonyl (C=O) groups excluding carboxylic acids is 1. The zero-order valence-electron chi connectivity index (χ0n) is 12.2. The predicted octanol–water partition coefficient (Wildman–Crippen LogP) is 2.89. The lowest BCUT2D eigenvalue weighted by Gasteiger charge is -2.32. The fourth-order valence-corrected chi connectivity index (χ4v) is 3.93. The van der Waals surface area contributed by atoms with Crippen molar-refractivity contribution in [2.45, 2.75) is 50.2 Å². The Morgan fingerprint density at radius 3 is 2.67 bits per heavy atom. The Morgan fingerprint density at radius 2 is 2.05 bits per heavy atom. The summed E-state index contributed by atoms with van der Waals surface area (Å²) >= 11 is 6.23. The van der Waals surface area contributed by atoms with Crippen molar-refractivity contribution in [1.82, 2.24) is 4.90 Å². The third-order valence-corrected chi connectivity index (χ3v) is 4.93. The number of halogens is 1. The van der Waals surface area contributed by atoms with E-state index in [4.69, 9.17) is 22.1 Å². The van der Waals surface area contributed by atoms with E-state index >= 15 is 0 Å². The predicted molar refractivity (Wildman–Crippen MR) is 82.4 cm³/mol. The first kappa shape index (κ1) is 14.7. The molecule has 1 amide bonds. The monoisotopic (exact) mass is 308 g/mol. The molecule has 1 aliphatic carbocycles. The van der Waals surface area contributed by atoms with Gasteiger partial charge in [0.15, 0.2) is 0 Å². The molecule has 3 rings (SSSR count). The number of rotatable bonds is 3. The lowest BCUT2D eigenvalue weighted by molar-refractivity contribution is -0.131. The first-order valence-corrected chi connectivity index (χ1v) is 7.90. The summed E-state index contributed by atoms with van der Waals surface area (Å²) in [6.45, 7) is 0. The van der Waals surface area contributed by atoms with Gasteiger partial charge in [0.25, 0.3) is 0 Å². The van der Waals surface area contributed by atoms with Gasteiger partial charge in [-0.2, -0.15) is 0 Å². The summed E-state index contributed by atoms with van der Waals surface area (Å²) < 4.78 is 5.19. The summed E-state index contributed by atoms with van der Waals surface area (Å²) in [5, 5.41) is 0.563. The molecule has 4 nitrogen and oxygen atoms in total. The SMILES string of the molecule is COc1ccc(C2C(N)CC(=O)N2C2CCCC2)cc1Cl. The molecular weight excluding hydrogens is 288 g/mol. The van der Waals surface area contributed by atoms with Crippen LogP contribution in [0.1, 0.15) is 43.7 Å². The van der Waals surface area contributed by atoms with Gasteiger partial charge in [0, 0.05) is 18.5 Å². The average Bonchev–Trinajstić information content (AvgIpc) is 3.06. The Labute approximate surface area is 130 Å². The van der Waals surface area contributed by atoms with Crippen LogP contribution < -0.4 is 10.5 Å². The zero-order chi connectivity index (χ0) is 15.0.